The second kappa shape index (κ2) is 7.17. The molecular formula is C18H22N6O2. The number of hydrogen-bond donors (Lipinski definition) is 2. The first-order valence-corrected chi connectivity index (χ1v) is 8.72. The first-order valence-electron chi connectivity index (χ1n) is 8.72. The number of carbonyl (C=O) groups is 1. The summed E-state index contributed by atoms with van der Waals surface area (Å²) in [6.45, 7) is 4.12. The Kier molecular flexibility index (Phi) is 4.57. The Morgan fingerprint density at radius 2 is 1.96 bits per heavy atom. The predicted octanol–water partition coefficient (Wildman–Crippen LogP) is 1.12. The molecule has 1 aromatic carbocycles. The van der Waals surface area contributed by atoms with Gasteiger partial charge in [-0.2, -0.15) is 4.98 Å². The number of anilines is 4. The van der Waals surface area contributed by atoms with Crippen LogP contribution in [-0.2, 0) is 16.1 Å². The maximum Gasteiger partial charge on any atom is 0.239 e. The van der Waals surface area contributed by atoms with Gasteiger partial charge in [0.15, 0.2) is 0 Å². The van der Waals surface area contributed by atoms with E-state index >= 15 is 0 Å². The Balaban J connectivity index is 1.49. The molecule has 0 radical (unpaired) electrons. The maximum atomic E-state index is 11.7. The third-order valence-electron chi connectivity index (χ3n) is 4.56. The second-order valence-corrected chi connectivity index (χ2v) is 6.45. The van der Waals surface area contributed by atoms with E-state index in [0.717, 1.165) is 43.4 Å². The van der Waals surface area contributed by atoms with Gasteiger partial charge in [-0.05, 0) is 24.3 Å². The number of nitrogens with zero attached hydrogens (tertiary/aromatic N) is 4. The van der Waals surface area contributed by atoms with Crippen LogP contribution in [0.4, 0.5) is 23.1 Å². The van der Waals surface area contributed by atoms with Crippen LogP contribution in [0.3, 0.4) is 0 Å². The normalized spacial score (nSPS) is 17.3. The molecule has 2 aliphatic rings. The van der Waals surface area contributed by atoms with E-state index in [-0.39, 0.29) is 12.5 Å². The number of hydrogen-bond acceptors (Lipinski definition) is 7. The molecule has 1 fully saturated rings. The van der Waals surface area contributed by atoms with Crippen molar-refractivity contribution in [2.75, 3.05) is 55.0 Å². The summed E-state index contributed by atoms with van der Waals surface area (Å²) in [5.41, 5.74) is 3.02. The topological polar surface area (TPSA) is 82.6 Å². The molecule has 0 saturated carbocycles. The highest BCUT2D eigenvalue weighted by Crippen LogP contribution is 2.23. The highest BCUT2D eigenvalue weighted by Gasteiger charge is 2.19. The van der Waals surface area contributed by atoms with Crippen LogP contribution in [0.15, 0.2) is 30.5 Å². The largest absolute Gasteiger partial charge is 0.378 e. The van der Waals surface area contributed by atoms with Crippen LogP contribution in [-0.4, -0.2) is 55.8 Å². The van der Waals surface area contributed by atoms with Crippen molar-refractivity contribution in [2.24, 2.45) is 0 Å². The van der Waals surface area contributed by atoms with Crippen molar-refractivity contribution in [3.05, 3.63) is 36.0 Å². The van der Waals surface area contributed by atoms with Gasteiger partial charge < -0.3 is 25.2 Å². The van der Waals surface area contributed by atoms with Crippen LogP contribution >= 0.6 is 0 Å². The average Bonchev–Trinajstić information content (AvgIpc) is 2.81. The Labute approximate surface area is 152 Å². The van der Waals surface area contributed by atoms with Crippen LogP contribution in [0.2, 0.25) is 0 Å². The highest BCUT2D eigenvalue weighted by molar-refractivity contribution is 5.82. The van der Waals surface area contributed by atoms with E-state index in [4.69, 9.17) is 4.74 Å². The summed E-state index contributed by atoms with van der Waals surface area (Å²) >= 11 is 0. The van der Waals surface area contributed by atoms with Gasteiger partial charge in [-0.1, -0.05) is 0 Å². The highest BCUT2D eigenvalue weighted by atomic mass is 16.5. The Morgan fingerprint density at radius 3 is 2.73 bits per heavy atom. The predicted molar refractivity (Wildman–Crippen MR) is 99.9 cm³/mol. The molecule has 4 rings (SSSR count). The summed E-state index contributed by atoms with van der Waals surface area (Å²) in [4.78, 5) is 24.8. The number of likely N-dealkylation sites (N-methyl/N-ethyl adjacent to an activating group) is 1. The number of nitrogens with one attached hydrogen (secondary N) is 2. The summed E-state index contributed by atoms with van der Waals surface area (Å²) in [6, 6.07) is 8.22. The molecule has 2 aliphatic heterocycles. The summed E-state index contributed by atoms with van der Waals surface area (Å²) < 4.78 is 5.39. The van der Waals surface area contributed by atoms with Crippen molar-refractivity contribution in [1.29, 1.82) is 0 Å². The molecule has 0 atom stereocenters. The minimum atomic E-state index is -0.0151. The zero-order valence-corrected chi connectivity index (χ0v) is 14.7. The fourth-order valence-corrected chi connectivity index (χ4v) is 3.16. The van der Waals surface area contributed by atoms with Gasteiger partial charge in [-0.3, -0.25) is 4.79 Å². The van der Waals surface area contributed by atoms with Crippen LogP contribution in [0.25, 0.3) is 0 Å². The Hall–Kier alpha value is -2.87. The minimum Gasteiger partial charge on any atom is -0.378 e. The SMILES string of the molecule is CN1CC(=O)NCc2cnc(Nc3ccc(N4CCOCC4)cc3)nc21. The average molecular weight is 354 g/mol. The van der Waals surface area contributed by atoms with Gasteiger partial charge in [0.25, 0.3) is 0 Å². The van der Waals surface area contributed by atoms with Crippen molar-refractivity contribution < 1.29 is 9.53 Å². The van der Waals surface area contributed by atoms with E-state index in [1.165, 1.54) is 5.69 Å². The molecule has 2 aromatic rings. The van der Waals surface area contributed by atoms with E-state index in [1.54, 1.807) is 6.20 Å². The molecule has 0 bridgehead atoms. The number of carbonyl (C=O) groups excluding carboxylic acids is 1. The lowest BCUT2D eigenvalue weighted by atomic mass is 10.2. The fourth-order valence-electron chi connectivity index (χ4n) is 3.16. The smallest absolute Gasteiger partial charge is 0.239 e. The van der Waals surface area contributed by atoms with E-state index < -0.39 is 0 Å². The van der Waals surface area contributed by atoms with E-state index in [1.807, 2.05) is 24.1 Å². The van der Waals surface area contributed by atoms with Gasteiger partial charge in [-0.25, -0.2) is 4.98 Å². The number of amides is 1. The number of fused-ring (bicyclic) bond motifs is 1. The van der Waals surface area contributed by atoms with Crippen molar-refractivity contribution >= 4 is 29.0 Å². The fraction of sp³-hybridized carbons (Fsp3) is 0.389. The van der Waals surface area contributed by atoms with Crippen LogP contribution in [0, 0.1) is 0 Å². The van der Waals surface area contributed by atoms with Crippen LogP contribution in [0.5, 0.6) is 0 Å². The first-order chi connectivity index (χ1) is 12.7. The zero-order chi connectivity index (χ0) is 17.9. The Bertz CT molecular complexity index is 789. The van der Waals surface area contributed by atoms with E-state index in [0.29, 0.717) is 12.5 Å². The van der Waals surface area contributed by atoms with Gasteiger partial charge in [0.2, 0.25) is 11.9 Å². The molecule has 0 unspecified atom stereocenters. The summed E-state index contributed by atoms with van der Waals surface area (Å²) in [6.07, 6.45) is 1.76. The lowest BCUT2D eigenvalue weighted by Crippen LogP contribution is -2.36. The molecule has 2 N–H and O–H groups in total. The summed E-state index contributed by atoms with van der Waals surface area (Å²) in [7, 11) is 1.86. The zero-order valence-electron chi connectivity index (χ0n) is 14.7. The lowest BCUT2D eigenvalue weighted by molar-refractivity contribution is -0.119. The van der Waals surface area contributed by atoms with Crippen LogP contribution in [0.1, 0.15) is 5.56 Å². The Morgan fingerprint density at radius 1 is 1.19 bits per heavy atom. The maximum absolute atomic E-state index is 11.7. The second-order valence-electron chi connectivity index (χ2n) is 6.45. The summed E-state index contributed by atoms with van der Waals surface area (Å²) in [5.74, 6) is 1.27. The number of ether oxygens (including phenoxy) is 1. The molecule has 0 spiro atoms. The van der Waals surface area contributed by atoms with Gasteiger partial charge in [0, 0.05) is 49.8 Å². The first kappa shape index (κ1) is 16.6. The molecule has 8 heteroatoms. The number of morpholine rings is 1. The molecule has 1 aromatic heterocycles. The van der Waals surface area contributed by atoms with Gasteiger partial charge >= 0.3 is 0 Å². The summed E-state index contributed by atoms with van der Waals surface area (Å²) in [5, 5.41) is 6.08. The van der Waals surface area contributed by atoms with Gasteiger partial charge in [0.1, 0.15) is 5.82 Å². The number of aromatic nitrogens is 2. The van der Waals surface area contributed by atoms with Crippen molar-refractivity contribution in [2.45, 2.75) is 6.54 Å². The molecule has 8 nitrogen and oxygen atoms in total. The molecule has 3 heterocycles. The minimum absolute atomic E-state index is 0.0151. The molecule has 26 heavy (non-hydrogen) atoms. The molecule has 0 aliphatic carbocycles. The number of rotatable bonds is 3. The third-order valence-corrected chi connectivity index (χ3v) is 4.56. The monoisotopic (exact) mass is 354 g/mol. The van der Waals surface area contributed by atoms with E-state index in [9.17, 15) is 4.79 Å². The molecule has 1 saturated heterocycles. The third kappa shape index (κ3) is 3.55. The van der Waals surface area contributed by atoms with Crippen molar-refractivity contribution in [3.63, 3.8) is 0 Å². The van der Waals surface area contributed by atoms with E-state index in [2.05, 4.69) is 37.6 Å². The molecule has 136 valence electrons. The number of benzene rings is 1. The molecular weight excluding hydrogens is 332 g/mol. The lowest BCUT2D eigenvalue weighted by Gasteiger charge is -2.28. The van der Waals surface area contributed by atoms with Gasteiger partial charge in [0.05, 0.1) is 19.8 Å². The quantitative estimate of drug-likeness (QED) is 0.855. The standard InChI is InChI=1S/C18H22N6O2/c1-23-12-16(25)19-10-13-11-20-18(22-17(13)23)21-14-2-4-15(5-3-14)24-6-8-26-9-7-24/h2-5,11H,6-10,12H2,1H3,(H,19,25)(H,20,21,22). The van der Waals surface area contributed by atoms with Crippen LogP contribution < -0.4 is 20.4 Å². The van der Waals surface area contributed by atoms with Crippen molar-refractivity contribution in [3.8, 4) is 0 Å². The van der Waals surface area contributed by atoms with Gasteiger partial charge in [-0.15, -0.1) is 0 Å². The molecule has 1 amide bonds. The van der Waals surface area contributed by atoms with Crippen molar-refractivity contribution in [1.82, 2.24) is 15.3 Å².